The first-order valence-corrected chi connectivity index (χ1v) is 0. The van der Waals surface area contributed by atoms with Crippen LogP contribution in [0, 0.1) is 0 Å². The van der Waals surface area contributed by atoms with Gasteiger partial charge in [-0.2, -0.15) is 0 Å². The summed E-state index contributed by atoms with van der Waals surface area (Å²) >= 11 is 0. The van der Waals surface area contributed by atoms with Gasteiger partial charge in [0.1, 0.15) is 0 Å². The van der Waals surface area contributed by atoms with E-state index in [0.717, 1.165) is 0 Å². The average molecular weight is 176 g/mol. The van der Waals surface area contributed by atoms with E-state index in [4.69, 9.17) is 0 Å². The summed E-state index contributed by atoms with van der Waals surface area (Å²) in [5.41, 5.74) is 0. The predicted molar refractivity (Wildman–Crippen MR) is 3.43 cm³/mol. The summed E-state index contributed by atoms with van der Waals surface area (Å²) in [4.78, 5) is 0. The molecule has 7 heavy (non-hydrogen) atoms. The van der Waals surface area contributed by atoms with Crippen LogP contribution in [0.5, 0.6) is 0 Å². The van der Waals surface area contributed by atoms with Gasteiger partial charge < -0.3 is 27.4 Å². The van der Waals surface area contributed by atoms with Crippen molar-refractivity contribution in [2.24, 2.45) is 0 Å². The summed E-state index contributed by atoms with van der Waals surface area (Å²) < 4.78 is 0. The normalized spacial score (nSPS) is 0. The van der Waals surface area contributed by atoms with Gasteiger partial charge in [0.05, 0.1) is 0 Å². The molecule has 48 valence electrons. The third-order valence-corrected chi connectivity index (χ3v) is 0. The SMILES string of the molecule is [O-2].[O-2].[O-2].[O-2].[O-2].[Ti].[Ti]. The van der Waals surface area contributed by atoms with Crippen molar-refractivity contribution in [2.45, 2.75) is 0 Å². The molecular formula is O5Ti2-10. The molecule has 0 saturated carbocycles. The zero-order valence-electron chi connectivity index (χ0n) is 3.04. The minimum atomic E-state index is 0. The molecule has 0 rings (SSSR count). The molecule has 0 fully saturated rings. The second-order valence-corrected chi connectivity index (χ2v) is 0. The molecule has 0 radical (unpaired) electrons. The van der Waals surface area contributed by atoms with Gasteiger partial charge in [-0.15, -0.1) is 0 Å². The molecular weight excluding hydrogens is 176 g/mol. The van der Waals surface area contributed by atoms with E-state index in [2.05, 4.69) is 0 Å². The van der Waals surface area contributed by atoms with Crippen molar-refractivity contribution in [1.82, 2.24) is 0 Å². The topological polar surface area (TPSA) is 142 Å². The van der Waals surface area contributed by atoms with Crippen LogP contribution in [0.25, 0.3) is 0 Å². The van der Waals surface area contributed by atoms with Gasteiger partial charge in [0.15, 0.2) is 0 Å². The second kappa shape index (κ2) is 186. The van der Waals surface area contributed by atoms with Crippen molar-refractivity contribution in [1.29, 1.82) is 0 Å². The summed E-state index contributed by atoms with van der Waals surface area (Å²) in [5, 5.41) is 0. The van der Waals surface area contributed by atoms with Gasteiger partial charge in [0.2, 0.25) is 0 Å². The third-order valence-electron chi connectivity index (χ3n) is 0. The van der Waals surface area contributed by atoms with Crippen LogP contribution in [-0.4, -0.2) is 0 Å². The minimum Gasteiger partial charge on any atom is -2.00 e. The van der Waals surface area contributed by atoms with Gasteiger partial charge >= 0.3 is 0 Å². The van der Waals surface area contributed by atoms with Crippen molar-refractivity contribution in [3.8, 4) is 0 Å². The predicted octanol–water partition coefficient (Wildman–Crippen LogP) is -0.599. The fraction of sp³-hybridized carbons (Fsp3) is 0. The average Bonchev–Trinajstić information content (AvgIpc) is 0. The first-order valence-electron chi connectivity index (χ1n) is 0. The van der Waals surface area contributed by atoms with Crippen LogP contribution in [0.4, 0.5) is 0 Å². The summed E-state index contributed by atoms with van der Waals surface area (Å²) in [7, 11) is 0. The van der Waals surface area contributed by atoms with Crippen LogP contribution in [0.15, 0.2) is 0 Å². The minimum absolute atomic E-state index is 0. The van der Waals surface area contributed by atoms with Crippen LogP contribution in [-0.2, 0) is 70.8 Å². The molecule has 0 amide bonds. The number of rotatable bonds is 0. The van der Waals surface area contributed by atoms with E-state index in [0.29, 0.717) is 0 Å². The number of hydrogen-bond acceptors (Lipinski definition) is 0. The monoisotopic (exact) mass is 176 g/mol. The Morgan fingerprint density at radius 3 is 0.286 bits per heavy atom. The molecule has 0 heterocycles. The smallest absolute Gasteiger partial charge is 0 e. The molecule has 0 aliphatic carbocycles. The van der Waals surface area contributed by atoms with Crippen molar-refractivity contribution in [2.75, 3.05) is 0 Å². The molecule has 0 aromatic heterocycles. The van der Waals surface area contributed by atoms with E-state index in [1.54, 1.807) is 0 Å². The molecule has 0 bridgehead atoms. The Hall–Kier alpha value is 1.23. The van der Waals surface area contributed by atoms with E-state index < -0.39 is 0 Å². The standard InChI is InChI=1S/5O.2Ti/q5*-2;;. The molecule has 0 aromatic rings. The molecule has 0 N–H and O–H groups in total. The quantitative estimate of drug-likeness (QED) is 0.434. The number of hydrogen-bond donors (Lipinski definition) is 0. The fourth-order valence-corrected chi connectivity index (χ4v) is 0. The maximum atomic E-state index is 0. The van der Waals surface area contributed by atoms with Gasteiger partial charge in [0, 0.05) is 43.4 Å². The van der Waals surface area contributed by atoms with E-state index in [1.807, 2.05) is 0 Å². The van der Waals surface area contributed by atoms with Gasteiger partial charge in [-0.05, 0) is 0 Å². The maximum Gasteiger partial charge on any atom is 0 e. The Labute approximate surface area is 70.8 Å². The van der Waals surface area contributed by atoms with Crippen LogP contribution in [0.2, 0.25) is 0 Å². The summed E-state index contributed by atoms with van der Waals surface area (Å²) in [6.45, 7) is 0. The molecule has 0 spiro atoms. The van der Waals surface area contributed by atoms with Gasteiger partial charge in [-0.3, -0.25) is 0 Å². The largest absolute Gasteiger partial charge is 2.00 e. The molecule has 0 aliphatic rings. The molecule has 5 nitrogen and oxygen atoms in total. The Bertz CT molecular complexity index is 6.04. The van der Waals surface area contributed by atoms with E-state index in [9.17, 15) is 0 Å². The van der Waals surface area contributed by atoms with Crippen LogP contribution < -0.4 is 0 Å². The van der Waals surface area contributed by atoms with E-state index in [1.165, 1.54) is 0 Å². The molecule has 0 unspecified atom stereocenters. The molecule has 0 aliphatic heterocycles. The molecule has 0 saturated heterocycles. The Balaban J connectivity index is 0. The molecule has 0 atom stereocenters. The van der Waals surface area contributed by atoms with E-state index in [-0.39, 0.29) is 70.8 Å². The zero-order valence-corrected chi connectivity index (χ0v) is 6.16. The maximum absolute atomic E-state index is 0. The summed E-state index contributed by atoms with van der Waals surface area (Å²) in [5.74, 6) is 0. The van der Waals surface area contributed by atoms with Crippen molar-refractivity contribution >= 4 is 0 Å². The first kappa shape index (κ1) is 285. The van der Waals surface area contributed by atoms with Gasteiger partial charge in [-0.1, -0.05) is 0 Å². The Morgan fingerprint density at radius 1 is 0.286 bits per heavy atom. The fourth-order valence-electron chi connectivity index (χ4n) is 0. The van der Waals surface area contributed by atoms with Crippen LogP contribution >= 0.6 is 0 Å². The Kier molecular flexibility index (Phi) is 7560. The van der Waals surface area contributed by atoms with Crippen LogP contribution in [0.1, 0.15) is 0 Å². The molecule has 0 aromatic carbocycles. The summed E-state index contributed by atoms with van der Waals surface area (Å²) in [6, 6.07) is 0. The van der Waals surface area contributed by atoms with Crippen LogP contribution in [0.3, 0.4) is 0 Å². The van der Waals surface area contributed by atoms with Crippen molar-refractivity contribution < 1.29 is 70.8 Å². The first-order chi connectivity index (χ1) is 0. The Morgan fingerprint density at radius 2 is 0.286 bits per heavy atom. The summed E-state index contributed by atoms with van der Waals surface area (Å²) in [6.07, 6.45) is 0. The van der Waals surface area contributed by atoms with Crippen molar-refractivity contribution in [3.05, 3.63) is 0 Å². The third kappa shape index (κ3) is 131. The van der Waals surface area contributed by atoms with Crippen molar-refractivity contribution in [3.63, 3.8) is 0 Å². The second-order valence-electron chi connectivity index (χ2n) is 0. The van der Waals surface area contributed by atoms with Gasteiger partial charge in [0.25, 0.3) is 0 Å². The molecule has 7 heteroatoms. The van der Waals surface area contributed by atoms with E-state index >= 15 is 0 Å². The van der Waals surface area contributed by atoms with Gasteiger partial charge in [-0.25, -0.2) is 0 Å². The zero-order chi connectivity index (χ0) is 0.